The van der Waals surface area contributed by atoms with Gasteiger partial charge in [-0.3, -0.25) is 14.4 Å². The highest BCUT2D eigenvalue weighted by Crippen LogP contribution is 2.32. The van der Waals surface area contributed by atoms with Crippen molar-refractivity contribution < 1.29 is 14.4 Å². The molecule has 35 heavy (non-hydrogen) atoms. The molecule has 1 unspecified atom stereocenters. The molecule has 0 bridgehead atoms. The third-order valence-electron chi connectivity index (χ3n) is 5.89. The number of rotatable bonds is 6. The van der Waals surface area contributed by atoms with Crippen LogP contribution in [0.15, 0.2) is 102 Å². The number of hydrogen-bond donors (Lipinski definition) is 1. The fourth-order valence-electron chi connectivity index (χ4n) is 4.16. The summed E-state index contributed by atoms with van der Waals surface area (Å²) in [5.74, 6) is -1.32. The van der Waals surface area contributed by atoms with Crippen LogP contribution in [-0.4, -0.2) is 35.0 Å². The lowest BCUT2D eigenvalue weighted by Crippen LogP contribution is -2.38. The molecule has 3 amide bonds. The summed E-state index contributed by atoms with van der Waals surface area (Å²) < 4.78 is 0. The smallest absolute Gasteiger partial charge is 0.281 e. The van der Waals surface area contributed by atoms with Crippen molar-refractivity contribution in [3.8, 4) is 0 Å². The van der Waals surface area contributed by atoms with Crippen molar-refractivity contribution in [1.82, 2.24) is 10.3 Å². The summed E-state index contributed by atoms with van der Waals surface area (Å²) in [6.45, 7) is -0.186. The maximum atomic E-state index is 13.2. The lowest BCUT2D eigenvalue weighted by Gasteiger charge is -2.22. The van der Waals surface area contributed by atoms with E-state index in [4.69, 9.17) is 11.6 Å². The second-order valence-electron chi connectivity index (χ2n) is 8.15. The highest BCUT2D eigenvalue weighted by atomic mass is 35.5. The predicted molar refractivity (Wildman–Crippen MR) is 134 cm³/mol. The number of halogens is 1. The van der Waals surface area contributed by atoms with Crippen LogP contribution in [0.25, 0.3) is 0 Å². The van der Waals surface area contributed by atoms with Crippen molar-refractivity contribution in [2.24, 2.45) is 5.10 Å². The van der Waals surface area contributed by atoms with Crippen molar-refractivity contribution in [3.63, 3.8) is 0 Å². The maximum absolute atomic E-state index is 13.2. The Morgan fingerprint density at radius 3 is 2.29 bits per heavy atom. The molecule has 0 saturated heterocycles. The Kier molecular flexibility index (Phi) is 6.16. The topological polar surface area (TPSA) is 82.1 Å². The number of carbonyl (C=O) groups is 3. The van der Waals surface area contributed by atoms with Gasteiger partial charge in [-0.25, -0.2) is 9.91 Å². The van der Waals surface area contributed by atoms with Gasteiger partial charge in [0.15, 0.2) is 0 Å². The third kappa shape index (κ3) is 4.58. The number of nitrogens with one attached hydrogen (secondary N) is 1. The van der Waals surface area contributed by atoms with E-state index in [-0.39, 0.29) is 24.2 Å². The van der Waals surface area contributed by atoms with Crippen molar-refractivity contribution in [1.29, 1.82) is 0 Å². The first-order valence-corrected chi connectivity index (χ1v) is 11.5. The van der Waals surface area contributed by atoms with Gasteiger partial charge in [0.1, 0.15) is 5.70 Å². The fraction of sp³-hybridized carbons (Fsp3) is 0.111. The van der Waals surface area contributed by atoms with Crippen molar-refractivity contribution in [2.45, 2.75) is 12.5 Å². The molecule has 0 fully saturated rings. The molecule has 0 saturated carbocycles. The first-order chi connectivity index (χ1) is 17.0. The van der Waals surface area contributed by atoms with E-state index in [1.54, 1.807) is 24.3 Å². The van der Waals surface area contributed by atoms with E-state index in [9.17, 15) is 14.4 Å². The van der Waals surface area contributed by atoms with Gasteiger partial charge in [-0.2, -0.15) is 5.10 Å². The van der Waals surface area contributed by atoms with E-state index in [1.807, 2.05) is 60.7 Å². The molecule has 7 nitrogen and oxygen atoms in total. The van der Waals surface area contributed by atoms with Crippen LogP contribution in [0, 0.1) is 0 Å². The van der Waals surface area contributed by atoms with Crippen LogP contribution < -0.4 is 10.2 Å². The largest absolute Gasteiger partial charge is 0.371 e. The molecule has 3 aromatic carbocycles. The standard InChI is InChI=1S/C27H21ClN4O3/c28-20-11-13-21(14-12-20)31-25(33)16-23(27(31)35)29-17-26(34)32-24(19-9-5-2-6-10-19)15-22(30-32)18-7-3-1-4-8-18/h1-14,16,24,29H,15,17H2. The summed E-state index contributed by atoms with van der Waals surface area (Å²) in [5, 5.41) is 9.43. The summed E-state index contributed by atoms with van der Waals surface area (Å²) in [4.78, 5) is 39.6. The van der Waals surface area contributed by atoms with Crippen LogP contribution in [0.1, 0.15) is 23.6 Å². The quantitative estimate of drug-likeness (QED) is 0.535. The van der Waals surface area contributed by atoms with Gasteiger partial charge < -0.3 is 5.32 Å². The molecule has 0 spiro atoms. The Bertz CT molecular complexity index is 1340. The molecular formula is C27H21ClN4O3. The number of hydrogen-bond acceptors (Lipinski definition) is 5. The molecular weight excluding hydrogens is 464 g/mol. The highest BCUT2D eigenvalue weighted by molar-refractivity contribution is 6.32. The van der Waals surface area contributed by atoms with Crippen molar-refractivity contribution >= 4 is 40.7 Å². The van der Waals surface area contributed by atoms with E-state index in [0.717, 1.165) is 21.7 Å². The monoisotopic (exact) mass is 484 g/mol. The lowest BCUT2D eigenvalue weighted by molar-refractivity contribution is -0.131. The number of benzene rings is 3. The van der Waals surface area contributed by atoms with Crippen LogP contribution in [0.3, 0.4) is 0 Å². The highest BCUT2D eigenvalue weighted by Gasteiger charge is 2.35. The average Bonchev–Trinajstić information content (AvgIpc) is 3.45. The second kappa shape index (κ2) is 9.56. The summed E-state index contributed by atoms with van der Waals surface area (Å²) in [7, 11) is 0. The minimum absolute atomic E-state index is 0.0565. The Labute approximate surface area is 207 Å². The van der Waals surface area contributed by atoms with Crippen LogP contribution >= 0.6 is 11.6 Å². The van der Waals surface area contributed by atoms with Gasteiger partial charge in [-0.1, -0.05) is 72.3 Å². The number of imide groups is 1. The first kappa shape index (κ1) is 22.6. The summed E-state index contributed by atoms with van der Waals surface area (Å²) in [6.07, 6.45) is 1.77. The van der Waals surface area contributed by atoms with Crippen LogP contribution in [0.5, 0.6) is 0 Å². The van der Waals surface area contributed by atoms with Gasteiger partial charge in [0.2, 0.25) is 0 Å². The molecule has 0 radical (unpaired) electrons. The summed E-state index contributed by atoms with van der Waals surface area (Å²) >= 11 is 5.91. The Morgan fingerprint density at radius 2 is 1.60 bits per heavy atom. The van der Waals surface area contributed by atoms with Crippen LogP contribution in [0.2, 0.25) is 5.02 Å². The minimum atomic E-state index is -0.528. The Balaban J connectivity index is 1.32. The van der Waals surface area contributed by atoms with Crippen molar-refractivity contribution in [3.05, 3.63) is 113 Å². The van der Waals surface area contributed by atoms with E-state index >= 15 is 0 Å². The minimum Gasteiger partial charge on any atom is -0.371 e. The molecule has 3 aromatic rings. The molecule has 8 heteroatoms. The zero-order valence-electron chi connectivity index (χ0n) is 18.6. The molecule has 2 aliphatic rings. The maximum Gasteiger partial charge on any atom is 0.281 e. The third-order valence-corrected chi connectivity index (χ3v) is 6.15. The average molecular weight is 485 g/mol. The lowest BCUT2D eigenvalue weighted by atomic mass is 9.98. The normalized spacial score (nSPS) is 17.5. The zero-order valence-corrected chi connectivity index (χ0v) is 19.4. The predicted octanol–water partition coefficient (Wildman–Crippen LogP) is 4.06. The Morgan fingerprint density at radius 1 is 0.943 bits per heavy atom. The van der Waals surface area contributed by atoms with E-state index < -0.39 is 11.8 Å². The van der Waals surface area contributed by atoms with Gasteiger partial charge in [-0.05, 0) is 35.4 Å². The number of amides is 3. The van der Waals surface area contributed by atoms with E-state index in [2.05, 4.69) is 10.4 Å². The summed E-state index contributed by atoms with van der Waals surface area (Å²) in [6, 6.07) is 25.6. The molecule has 0 aliphatic carbocycles. The molecule has 1 atom stereocenters. The van der Waals surface area contributed by atoms with Gasteiger partial charge in [0.05, 0.1) is 24.0 Å². The van der Waals surface area contributed by atoms with Gasteiger partial charge in [-0.15, -0.1) is 0 Å². The van der Waals surface area contributed by atoms with Crippen molar-refractivity contribution in [2.75, 3.05) is 11.4 Å². The van der Waals surface area contributed by atoms with Gasteiger partial charge >= 0.3 is 0 Å². The molecule has 2 aliphatic heterocycles. The molecule has 2 heterocycles. The number of nitrogens with zero attached hydrogens (tertiary/aromatic N) is 3. The number of hydrazone groups is 1. The molecule has 0 aromatic heterocycles. The van der Waals surface area contributed by atoms with Crippen LogP contribution in [-0.2, 0) is 14.4 Å². The Hall–Kier alpha value is -4.23. The molecule has 5 rings (SSSR count). The number of carbonyl (C=O) groups excluding carboxylic acids is 3. The van der Waals surface area contributed by atoms with E-state index in [0.29, 0.717) is 17.1 Å². The fourth-order valence-corrected chi connectivity index (χ4v) is 4.29. The van der Waals surface area contributed by atoms with Gasteiger partial charge in [0, 0.05) is 17.5 Å². The molecule has 174 valence electrons. The number of anilines is 1. The summed E-state index contributed by atoms with van der Waals surface area (Å²) in [5.41, 5.74) is 3.20. The SMILES string of the molecule is O=C1C=C(NCC(=O)N2N=C(c3ccccc3)CC2c2ccccc2)C(=O)N1c1ccc(Cl)cc1. The first-order valence-electron chi connectivity index (χ1n) is 11.1. The molecule has 1 N–H and O–H groups in total. The zero-order chi connectivity index (χ0) is 24.4. The van der Waals surface area contributed by atoms with E-state index in [1.165, 1.54) is 11.1 Å². The second-order valence-corrected chi connectivity index (χ2v) is 8.58. The van der Waals surface area contributed by atoms with Crippen LogP contribution in [0.4, 0.5) is 5.69 Å². The van der Waals surface area contributed by atoms with Gasteiger partial charge in [0.25, 0.3) is 17.7 Å².